The number of carbonyl (C=O) groups excluding carboxylic acids is 1. The second kappa shape index (κ2) is 6.00. The Bertz CT molecular complexity index is 366. The van der Waals surface area contributed by atoms with E-state index in [4.69, 9.17) is 5.11 Å². The molecule has 0 aromatic carbocycles. The molecule has 0 aromatic rings. The Morgan fingerprint density at radius 2 is 2.21 bits per heavy atom. The van der Waals surface area contributed by atoms with Gasteiger partial charge in [-0.15, -0.1) is 11.8 Å². The summed E-state index contributed by atoms with van der Waals surface area (Å²) in [6.07, 6.45) is 1.10. The summed E-state index contributed by atoms with van der Waals surface area (Å²) in [5.74, 6) is 0.552. The zero-order chi connectivity index (χ0) is 14.0. The summed E-state index contributed by atoms with van der Waals surface area (Å²) in [7, 11) is 3.85. The van der Waals surface area contributed by atoms with Gasteiger partial charge in [-0.2, -0.15) is 0 Å². The number of amides is 2. The van der Waals surface area contributed by atoms with E-state index in [9.17, 15) is 9.59 Å². The maximum atomic E-state index is 12.3. The molecular formula is C12H21N3O3S. The maximum absolute atomic E-state index is 12.3. The molecule has 6 nitrogen and oxygen atoms in total. The third kappa shape index (κ3) is 3.33. The van der Waals surface area contributed by atoms with E-state index in [-0.39, 0.29) is 6.03 Å². The van der Waals surface area contributed by atoms with Crippen molar-refractivity contribution in [1.82, 2.24) is 14.7 Å². The first-order valence-electron chi connectivity index (χ1n) is 6.50. The first-order valence-corrected chi connectivity index (χ1v) is 7.65. The first-order chi connectivity index (χ1) is 8.99. The van der Waals surface area contributed by atoms with E-state index in [1.54, 1.807) is 11.9 Å². The van der Waals surface area contributed by atoms with Crippen LogP contribution < -0.4 is 0 Å². The fraction of sp³-hybridized carbons (Fsp3) is 0.833. The Hall–Kier alpha value is -0.950. The van der Waals surface area contributed by atoms with Crippen LogP contribution >= 0.6 is 11.8 Å². The van der Waals surface area contributed by atoms with Crippen LogP contribution in [0.3, 0.4) is 0 Å². The van der Waals surface area contributed by atoms with Crippen LogP contribution in [0.15, 0.2) is 0 Å². The Morgan fingerprint density at radius 3 is 2.79 bits per heavy atom. The third-order valence-corrected chi connectivity index (χ3v) is 4.77. The lowest BCUT2D eigenvalue weighted by atomic mass is 10.1. The number of carboxylic acid groups (broad SMARTS) is 1. The van der Waals surface area contributed by atoms with Gasteiger partial charge in [0.25, 0.3) is 0 Å². The van der Waals surface area contributed by atoms with Crippen molar-refractivity contribution in [3.63, 3.8) is 0 Å². The molecule has 0 aromatic heterocycles. The van der Waals surface area contributed by atoms with Crippen LogP contribution in [-0.4, -0.2) is 83.2 Å². The molecule has 7 heteroatoms. The van der Waals surface area contributed by atoms with Crippen LogP contribution in [-0.2, 0) is 4.79 Å². The van der Waals surface area contributed by atoms with Crippen LogP contribution in [0.4, 0.5) is 4.79 Å². The van der Waals surface area contributed by atoms with Gasteiger partial charge in [-0.25, -0.2) is 9.59 Å². The van der Waals surface area contributed by atoms with E-state index in [1.807, 2.05) is 0 Å². The van der Waals surface area contributed by atoms with Crippen LogP contribution in [0.1, 0.15) is 6.42 Å². The molecule has 0 aliphatic carbocycles. The number of likely N-dealkylation sites (tertiary alicyclic amines) is 1. The number of hydrogen-bond acceptors (Lipinski definition) is 4. The number of nitrogens with zero attached hydrogens (tertiary/aromatic N) is 3. The van der Waals surface area contributed by atoms with Crippen molar-refractivity contribution in [3.8, 4) is 0 Å². The molecule has 0 bridgehead atoms. The Kier molecular flexibility index (Phi) is 4.57. The largest absolute Gasteiger partial charge is 0.480 e. The van der Waals surface area contributed by atoms with Gasteiger partial charge in [0.1, 0.15) is 6.04 Å². The molecule has 108 valence electrons. The van der Waals surface area contributed by atoms with Gasteiger partial charge in [-0.1, -0.05) is 0 Å². The smallest absolute Gasteiger partial charge is 0.327 e. The van der Waals surface area contributed by atoms with Crippen molar-refractivity contribution >= 4 is 23.8 Å². The van der Waals surface area contributed by atoms with Gasteiger partial charge in [0.15, 0.2) is 0 Å². The summed E-state index contributed by atoms with van der Waals surface area (Å²) < 4.78 is 0. The highest BCUT2D eigenvalue weighted by atomic mass is 32.2. The Labute approximate surface area is 117 Å². The van der Waals surface area contributed by atoms with E-state index >= 15 is 0 Å². The summed E-state index contributed by atoms with van der Waals surface area (Å²) in [5.41, 5.74) is 0. The normalized spacial score (nSPS) is 27.8. The van der Waals surface area contributed by atoms with Crippen LogP contribution in [0.2, 0.25) is 0 Å². The lowest BCUT2D eigenvalue weighted by Crippen LogP contribution is -2.48. The first kappa shape index (κ1) is 14.5. The number of urea groups is 1. The molecule has 2 atom stereocenters. The van der Waals surface area contributed by atoms with Gasteiger partial charge >= 0.3 is 12.0 Å². The van der Waals surface area contributed by atoms with Crippen molar-refractivity contribution in [2.45, 2.75) is 12.5 Å². The molecule has 2 aliphatic rings. The van der Waals surface area contributed by atoms with Crippen molar-refractivity contribution in [2.75, 3.05) is 45.4 Å². The third-order valence-electron chi connectivity index (χ3n) is 3.76. The highest BCUT2D eigenvalue weighted by molar-refractivity contribution is 7.99. The van der Waals surface area contributed by atoms with Crippen molar-refractivity contribution in [3.05, 3.63) is 0 Å². The number of carbonyl (C=O) groups is 2. The number of aliphatic carboxylic acids is 1. The van der Waals surface area contributed by atoms with Gasteiger partial charge in [-0.05, 0) is 25.9 Å². The lowest BCUT2D eigenvalue weighted by molar-refractivity contribution is -0.140. The van der Waals surface area contributed by atoms with Gasteiger partial charge in [0.05, 0.1) is 5.88 Å². The van der Waals surface area contributed by atoms with Crippen LogP contribution in [0.25, 0.3) is 0 Å². The van der Waals surface area contributed by atoms with Gasteiger partial charge < -0.3 is 19.8 Å². The molecule has 0 saturated carbocycles. The van der Waals surface area contributed by atoms with Crippen LogP contribution in [0, 0.1) is 5.92 Å². The number of thioether (sulfide) groups is 1. The molecule has 2 fully saturated rings. The second-order valence-electron chi connectivity index (χ2n) is 5.40. The zero-order valence-electron chi connectivity index (χ0n) is 11.4. The van der Waals surface area contributed by atoms with Gasteiger partial charge in [0.2, 0.25) is 0 Å². The number of hydrogen-bond donors (Lipinski definition) is 1. The fourth-order valence-electron chi connectivity index (χ4n) is 2.70. The SMILES string of the molecule is CN1CCC(CN(C)C(=O)N2CSC[C@H]2C(=O)O)C1. The highest BCUT2D eigenvalue weighted by Crippen LogP contribution is 2.23. The molecular weight excluding hydrogens is 266 g/mol. The summed E-state index contributed by atoms with van der Waals surface area (Å²) in [6, 6.07) is -0.835. The molecule has 1 unspecified atom stereocenters. The molecule has 2 amide bonds. The predicted molar refractivity (Wildman–Crippen MR) is 74.2 cm³/mol. The van der Waals surface area contributed by atoms with Crippen molar-refractivity contribution in [1.29, 1.82) is 0 Å². The Balaban J connectivity index is 1.89. The summed E-state index contributed by atoms with van der Waals surface area (Å²) in [6.45, 7) is 2.79. The molecule has 1 N–H and O–H groups in total. The number of rotatable bonds is 3. The minimum atomic E-state index is -0.910. The zero-order valence-corrected chi connectivity index (χ0v) is 12.2. The van der Waals surface area contributed by atoms with Gasteiger partial charge in [-0.3, -0.25) is 0 Å². The number of carboxylic acids is 1. The molecule has 19 heavy (non-hydrogen) atoms. The summed E-state index contributed by atoms with van der Waals surface area (Å²) in [4.78, 5) is 28.8. The lowest BCUT2D eigenvalue weighted by Gasteiger charge is -2.28. The van der Waals surface area contributed by atoms with E-state index in [1.165, 1.54) is 16.7 Å². The maximum Gasteiger partial charge on any atom is 0.327 e. The molecule has 2 heterocycles. The summed E-state index contributed by atoms with van der Waals surface area (Å²) >= 11 is 1.50. The van der Waals surface area contributed by atoms with Crippen molar-refractivity contribution < 1.29 is 14.7 Å². The van der Waals surface area contributed by atoms with E-state index in [0.717, 1.165) is 19.5 Å². The highest BCUT2D eigenvalue weighted by Gasteiger charge is 2.36. The average molecular weight is 287 g/mol. The molecule has 2 aliphatic heterocycles. The minimum absolute atomic E-state index is 0.160. The molecule has 0 radical (unpaired) electrons. The molecule has 2 saturated heterocycles. The van der Waals surface area contributed by atoms with Crippen molar-refractivity contribution in [2.24, 2.45) is 5.92 Å². The quantitative estimate of drug-likeness (QED) is 0.816. The fourth-order valence-corrected chi connectivity index (χ4v) is 3.83. The average Bonchev–Trinajstić information content (AvgIpc) is 2.97. The van der Waals surface area contributed by atoms with E-state index in [2.05, 4.69) is 11.9 Å². The predicted octanol–water partition coefficient (Wildman–Crippen LogP) is 0.449. The van der Waals surface area contributed by atoms with E-state index < -0.39 is 12.0 Å². The summed E-state index contributed by atoms with van der Waals surface area (Å²) in [5, 5.41) is 9.10. The Morgan fingerprint density at radius 1 is 1.47 bits per heavy atom. The second-order valence-corrected chi connectivity index (χ2v) is 6.40. The molecule has 0 spiro atoms. The topological polar surface area (TPSA) is 64.1 Å². The minimum Gasteiger partial charge on any atom is -0.480 e. The monoisotopic (exact) mass is 287 g/mol. The van der Waals surface area contributed by atoms with Crippen LogP contribution in [0.5, 0.6) is 0 Å². The standard InChI is InChI=1S/C12H21N3O3S/c1-13-4-3-9(5-13)6-14(2)12(18)15-8-19-7-10(15)11(16)17/h9-10H,3-8H2,1-2H3,(H,16,17)/t9?,10-/m0/s1. The molecule has 2 rings (SSSR count). The van der Waals surface area contributed by atoms with E-state index in [0.29, 0.717) is 24.1 Å². The van der Waals surface area contributed by atoms with Gasteiger partial charge in [0, 0.05) is 25.9 Å².